The van der Waals surface area contributed by atoms with Gasteiger partial charge in [0.15, 0.2) is 0 Å². The standard InChI is InChI=1S/C20H28Cl2N2O2/c1-3-20(4-2)14-16(26-19(20)25)7-8-23-9-11-24(12-10-23)18-6-5-15(21)13-17(18)22/h5-6,13,16H,3-4,7-12,14H2,1-2H3. The number of rotatable bonds is 6. The molecule has 4 nitrogen and oxygen atoms in total. The number of carbonyl (C=O) groups is 1. The number of anilines is 1. The fourth-order valence-electron chi connectivity index (χ4n) is 4.10. The summed E-state index contributed by atoms with van der Waals surface area (Å²) in [5.74, 6) is 0.00898. The highest BCUT2D eigenvalue weighted by Gasteiger charge is 2.46. The number of nitrogens with zero attached hydrogens (tertiary/aromatic N) is 2. The zero-order valence-corrected chi connectivity index (χ0v) is 17.2. The third-order valence-electron chi connectivity index (χ3n) is 6.07. The van der Waals surface area contributed by atoms with Crippen LogP contribution in [0.15, 0.2) is 18.2 Å². The summed E-state index contributed by atoms with van der Waals surface area (Å²) in [5, 5.41) is 1.37. The molecule has 2 aliphatic heterocycles. The third-order valence-corrected chi connectivity index (χ3v) is 6.61. The number of ether oxygens (including phenoxy) is 1. The van der Waals surface area contributed by atoms with Crippen LogP contribution in [0.5, 0.6) is 0 Å². The molecule has 1 atom stereocenters. The number of cyclic esters (lactones) is 1. The molecule has 6 heteroatoms. The van der Waals surface area contributed by atoms with Gasteiger partial charge in [-0.25, -0.2) is 0 Å². The van der Waals surface area contributed by atoms with Crippen molar-refractivity contribution in [3.8, 4) is 0 Å². The highest BCUT2D eigenvalue weighted by Crippen LogP contribution is 2.41. The molecule has 2 heterocycles. The Hall–Kier alpha value is -0.970. The Balaban J connectivity index is 1.47. The molecule has 144 valence electrons. The van der Waals surface area contributed by atoms with E-state index in [1.54, 1.807) is 6.07 Å². The molecule has 0 amide bonds. The van der Waals surface area contributed by atoms with E-state index in [-0.39, 0.29) is 17.5 Å². The van der Waals surface area contributed by atoms with Crippen molar-refractivity contribution in [2.45, 2.75) is 45.6 Å². The van der Waals surface area contributed by atoms with Crippen molar-refractivity contribution in [3.63, 3.8) is 0 Å². The number of piperazine rings is 1. The van der Waals surface area contributed by atoms with E-state index in [4.69, 9.17) is 27.9 Å². The molecule has 1 aromatic rings. The zero-order valence-electron chi connectivity index (χ0n) is 15.6. The van der Waals surface area contributed by atoms with Gasteiger partial charge in [-0.2, -0.15) is 0 Å². The maximum atomic E-state index is 12.2. The third kappa shape index (κ3) is 4.13. The topological polar surface area (TPSA) is 32.8 Å². The molecule has 2 aliphatic rings. The minimum Gasteiger partial charge on any atom is -0.462 e. The van der Waals surface area contributed by atoms with Crippen LogP contribution in [0.1, 0.15) is 39.5 Å². The lowest BCUT2D eigenvalue weighted by atomic mass is 9.79. The predicted octanol–water partition coefficient (Wildman–Crippen LogP) is 4.63. The van der Waals surface area contributed by atoms with Crippen LogP contribution in [0.25, 0.3) is 0 Å². The van der Waals surface area contributed by atoms with Crippen LogP contribution < -0.4 is 4.90 Å². The molecule has 0 aliphatic carbocycles. The Morgan fingerprint density at radius 1 is 1.15 bits per heavy atom. The number of hydrogen-bond acceptors (Lipinski definition) is 4. The molecule has 26 heavy (non-hydrogen) atoms. The Labute approximate surface area is 166 Å². The summed E-state index contributed by atoms with van der Waals surface area (Å²) in [7, 11) is 0. The average Bonchev–Trinajstić information content (AvgIpc) is 2.97. The second-order valence-electron chi connectivity index (χ2n) is 7.43. The first-order valence-corrected chi connectivity index (χ1v) is 10.4. The molecule has 0 aromatic heterocycles. The van der Waals surface area contributed by atoms with Crippen LogP contribution in [0.2, 0.25) is 10.0 Å². The normalized spacial score (nSPS) is 23.3. The predicted molar refractivity (Wildman–Crippen MR) is 107 cm³/mol. The summed E-state index contributed by atoms with van der Waals surface area (Å²) in [6.45, 7) is 9.03. The van der Waals surface area contributed by atoms with Gasteiger partial charge in [0.1, 0.15) is 6.10 Å². The molecule has 3 rings (SSSR count). The summed E-state index contributed by atoms with van der Waals surface area (Å²) in [6.07, 6.45) is 3.62. The van der Waals surface area contributed by atoms with E-state index in [2.05, 4.69) is 23.6 Å². The van der Waals surface area contributed by atoms with Gasteiger partial charge in [-0.3, -0.25) is 9.69 Å². The summed E-state index contributed by atoms with van der Waals surface area (Å²) in [6, 6.07) is 5.68. The second-order valence-corrected chi connectivity index (χ2v) is 8.28. The molecular formula is C20H28Cl2N2O2. The van der Waals surface area contributed by atoms with Gasteiger partial charge in [-0.05, 0) is 37.5 Å². The largest absolute Gasteiger partial charge is 0.462 e. The minimum absolute atomic E-state index is 0.00898. The van der Waals surface area contributed by atoms with E-state index >= 15 is 0 Å². The monoisotopic (exact) mass is 398 g/mol. The molecule has 0 N–H and O–H groups in total. The lowest BCUT2D eigenvalue weighted by molar-refractivity contribution is -0.149. The maximum absolute atomic E-state index is 12.2. The van der Waals surface area contributed by atoms with Crippen LogP contribution in [-0.2, 0) is 9.53 Å². The van der Waals surface area contributed by atoms with Crippen LogP contribution in [-0.4, -0.2) is 49.7 Å². The van der Waals surface area contributed by atoms with Crippen molar-refractivity contribution in [3.05, 3.63) is 28.2 Å². The zero-order chi connectivity index (χ0) is 18.7. The highest BCUT2D eigenvalue weighted by atomic mass is 35.5. The van der Waals surface area contributed by atoms with Gasteiger partial charge in [0.25, 0.3) is 0 Å². The van der Waals surface area contributed by atoms with Gasteiger partial charge in [-0.15, -0.1) is 0 Å². The lowest BCUT2D eigenvalue weighted by Gasteiger charge is -2.36. The number of halogens is 2. The fourth-order valence-corrected chi connectivity index (χ4v) is 4.63. The van der Waals surface area contributed by atoms with E-state index in [9.17, 15) is 4.79 Å². The number of benzene rings is 1. The van der Waals surface area contributed by atoms with E-state index in [1.807, 2.05) is 12.1 Å². The quantitative estimate of drug-likeness (QED) is 0.654. The summed E-state index contributed by atoms with van der Waals surface area (Å²) >= 11 is 12.3. The molecule has 0 bridgehead atoms. The molecule has 0 spiro atoms. The van der Waals surface area contributed by atoms with E-state index in [0.717, 1.165) is 64.1 Å². The Kier molecular flexibility index (Phi) is 6.37. The molecule has 0 saturated carbocycles. The first-order chi connectivity index (χ1) is 12.5. The fraction of sp³-hybridized carbons (Fsp3) is 0.650. The van der Waals surface area contributed by atoms with E-state index < -0.39 is 0 Å². The van der Waals surface area contributed by atoms with Gasteiger partial charge in [-0.1, -0.05) is 37.0 Å². The SMILES string of the molecule is CCC1(CC)CC(CCN2CCN(c3ccc(Cl)cc3Cl)CC2)OC1=O. The van der Waals surface area contributed by atoms with Crippen LogP contribution >= 0.6 is 23.2 Å². The molecule has 0 radical (unpaired) electrons. The summed E-state index contributed by atoms with van der Waals surface area (Å²) in [5.41, 5.74) is 0.811. The first kappa shape index (κ1) is 19.8. The van der Waals surface area contributed by atoms with Crippen LogP contribution in [0, 0.1) is 5.41 Å². The number of carbonyl (C=O) groups excluding carboxylic acids is 1. The van der Waals surface area contributed by atoms with Gasteiger partial charge >= 0.3 is 5.97 Å². The van der Waals surface area contributed by atoms with Crippen molar-refractivity contribution in [1.29, 1.82) is 0 Å². The van der Waals surface area contributed by atoms with Crippen molar-refractivity contribution in [2.24, 2.45) is 5.41 Å². The number of esters is 1. The van der Waals surface area contributed by atoms with Gasteiger partial charge in [0, 0.05) is 44.2 Å². The Morgan fingerprint density at radius 3 is 2.42 bits per heavy atom. The first-order valence-electron chi connectivity index (χ1n) is 9.61. The minimum atomic E-state index is -0.241. The average molecular weight is 399 g/mol. The highest BCUT2D eigenvalue weighted by molar-refractivity contribution is 6.36. The van der Waals surface area contributed by atoms with Gasteiger partial charge in [0.2, 0.25) is 0 Å². The lowest BCUT2D eigenvalue weighted by Crippen LogP contribution is -2.47. The smallest absolute Gasteiger partial charge is 0.312 e. The van der Waals surface area contributed by atoms with Crippen molar-refractivity contribution >= 4 is 34.9 Å². The van der Waals surface area contributed by atoms with Crippen molar-refractivity contribution < 1.29 is 9.53 Å². The van der Waals surface area contributed by atoms with Crippen LogP contribution in [0.4, 0.5) is 5.69 Å². The Bertz CT molecular complexity index is 641. The Morgan fingerprint density at radius 2 is 1.85 bits per heavy atom. The van der Waals surface area contributed by atoms with Crippen molar-refractivity contribution in [2.75, 3.05) is 37.6 Å². The van der Waals surface area contributed by atoms with E-state index in [0.29, 0.717) is 10.0 Å². The second kappa shape index (κ2) is 8.37. The van der Waals surface area contributed by atoms with E-state index in [1.165, 1.54) is 0 Å². The molecule has 1 aromatic carbocycles. The van der Waals surface area contributed by atoms with Gasteiger partial charge < -0.3 is 9.64 Å². The number of hydrogen-bond donors (Lipinski definition) is 0. The summed E-state index contributed by atoms with van der Waals surface area (Å²) in [4.78, 5) is 17.0. The van der Waals surface area contributed by atoms with Gasteiger partial charge in [0.05, 0.1) is 16.1 Å². The van der Waals surface area contributed by atoms with Crippen molar-refractivity contribution in [1.82, 2.24) is 4.90 Å². The molecular weight excluding hydrogens is 371 g/mol. The molecule has 1 unspecified atom stereocenters. The maximum Gasteiger partial charge on any atom is 0.312 e. The summed E-state index contributed by atoms with van der Waals surface area (Å²) < 4.78 is 5.66. The van der Waals surface area contributed by atoms with Crippen LogP contribution in [0.3, 0.4) is 0 Å². The molecule has 2 fully saturated rings. The molecule has 2 saturated heterocycles.